The maximum Gasteiger partial charge on any atom is 0.435 e. The Hall–Kier alpha value is -3.54. The molecule has 238 valence electrons. The molecule has 2 aliphatic rings. The van der Waals surface area contributed by atoms with E-state index in [-0.39, 0.29) is 47.4 Å². The van der Waals surface area contributed by atoms with Crippen molar-refractivity contribution in [1.82, 2.24) is 19.7 Å². The summed E-state index contributed by atoms with van der Waals surface area (Å²) >= 11 is 1.35. The quantitative estimate of drug-likeness (QED) is 0.294. The number of alkyl halides is 6. The normalized spacial score (nSPS) is 18.3. The maximum atomic E-state index is 14.8. The number of likely N-dealkylation sites (tertiary alicyclic amines) is 1. The van der Waals surface area contributed by atoms with Gasteiger partial charge in [0.25, 0.3) is 0 Å². The van der Waals surface area contributed by atoms with Crippen LogP contribution in [-0.2, 0) is 38.3 Å². The van der Waals surface area contributed by atoms with E-state index in [0.717, 1.165) is 5.01 Å². The standard InChI is InChI=1S/C26H25F7N6O3S2/c1-44(2,41)37-16-5-3-4-15(27)23(16)19-10-17(36-42-19)18-13-43-24(34-18)14-6-8-38(9-7-14)22(40)12-39-21(26(31,32)33)11-20(35-39)25(28,29)30/h3-5,11,13-14,19H,6-10,12H2,1-2H3. The third-order valence-corrected chi connectivity index (χ3v) is 8.64. The highest BCUT2D eigenvalue weighted by Crippen LogP contribution is 2.39. The molecule has 0 N–H and O–H groups in total. The summed E-state index contributed by atoms with van der Waals surface area (Å²) in [7, 11) is -2.57. The lowest BCUT2D eigenvalue weighted by molar-refractivity contribution is -0.146. The molecule has 1 unspecified atom stereocenters. The Labute approximate surface area is 250 Å². The fourth-order valence-electron chi connectivity index (χ4n) is 4.96. The summed E-state index contributed by atoms with van der Waals surface area (Å²) in [4.78, 5) is 24.2. The average molecular weight is 667 g/mol. The van der Waals surface area contributed by atoms with Crippen molar-refractivity contribution in [3.63, 3.8) is 0 Å². The van der Waals surface area contributed by atoms with Crippen LogP contribution in [0, 0.1) is 5.82 Å². The van der Waals surface area contributed by atoms with Crippen LogP contribution < -0.4 is 0 Å². The van der Waals surface area contributed by atoms with Gasteiger partial charge in [-0.3, -0.25) is 9.48 Å². The summed E-state index contributed by atoms with van der Waals surface area (Å²) in [6.07, 6.45) is -7.10. The van der Waals surface area contributed by atoms with Crippen LogP contribution >= 0.6 is 11.3 Å². The minimum Gasteiger partial charge on any atom is -0.387 e. The zero-order valence-corrected chi connectivity index (χ0v) is 24.8. The van der Waals surface area contributed by atoms with Gasteiger partial charge in [0.1, 0.15) is 23.8 Å². The van der Waals surface area contributed by atoms with Crippen LogP contribution in [0.5, 0.6) is 0 Å². The molecule has 1 fully saturated rings. The van der Waals surface area contributed by atoms with E-state index in [2.05, 4.69) is 19.6 Å². The SMILES string of the molecule is CS(C)(=O)=Nc1cccc(F)c1C1CC(c2csc(C3CCN(C(=O)Cn4nc(C(F)(F)F)cc4C(F)(F)F)CC3)n2)=NO1. The largest absolute Gasteiger partial charge is 0.435 e. The summed E-state index contributed by atoms with van der Waals surface area (Å²) in [5.41, 5.74) is -2.02. The van der Waals surface area contributed by atoms with Crippen molar-refractivity contribution in [2.45, 2.75) is 50.2 Å². The van der Waals surface area contributed by atoms with Crippen molar-refractivity contribution in [2.24, 2.45) is 9.52 Å². The Morgan fingerprint density at radius 3 is 2.48 bits per heavy atom. The van der Waals surface area contributed by atoms with Crippen LogP contribution in [0.1, 0.15) is 58.9 Å². The number of amides is 1. The van der Waals surface area contributed by atoms with Gasteiger partial charge in [0, 0.05) is 59.1 Å². The molecule has 5 rings (SSSR count). The first-order valence-corrected chi connectivity index (χ1v) is 16.3. The molecule has 1 atom stereocenters. The number of halogens is 7. The van der Waals surface area contributed by atoms with Crippen molar-refractivity contribution in [3.05, 3.63) is 63.1 Å². The third-order valence-electron chi connectivity index (χ3n) is 7.00. The Bertz CT molecular complexity index is 1710. The van der Waals surface area contributed by atoms with Gasteiger partial charge in [-0.05, 0) is 25.0 Å². The van der Waals surface area contributed by atoms with Gasteiger partial charge < -0.3 is 9.74 Å². The second-order valence-electron chi connectivity index (χ2n) is 10.6. The molecule has 0 spiro atoms. The predicted molar refractivity (Wildman–Crippen MR) is 146 cm³/mol. The zero-order valence-electron chi connectivity index (χ0n) is 23.2. The first-order valence-electron chi connectivity index (χ1n) is 13.1. The zero-order chi connectivity index (χ0) is 32.0. The van der Waals surface area contributed by atoms with Crippen LogP contribution in [0.25, 0.3) is 0 Å². The van der Waals surface area contributed by atoms with Crippen LogP contribution in [0.2, 0.25) is 0 Å². The molecule has 1 amide bonds. The summed E-state index contributed by atoms with van der Waals surface area (Å²) < 4.78 is 110. The highest BCUT2D eigenvalue weighted by Gasteiger charge is 2.42. The highest BCUT2D eigenvalue weighted by molar-refractivity contribution is 7.92. The molecule has 0 saturated carbocycles. The number of rotatable bonds is 6. The molecule has 0 bridgehead atoms. The minimum absolute atomic E-state index is 0.0447. The summed E-state index contributed by atoms with van der Waals surface area (Å²) in [6, 6.07) is 4.16. The van der Waals surface area contributed by atoms with Crippen LogP contribution in [0.3, 0.4) is 0 Å². The Morgan fingerprint density at radius 1 is 1.14 bits per heavy atom. The minimum atomic E-state index is -5.12. The molecule has 2 aromatic heterocycles. The highest BCUT2D eigenvalue weighted by atomic mass is 32.2. The topological polar surface area (TPSA) is 102 Å². The monoisotopic (exact) mass is 666 g/mol. The number of benzene rings is 1. The molecule has 3 aromatic rings. The van der Waals surface area contributed by atoms with E-state index in [4.69, 9.17) is 4.84 Å². The second kappa shape index (κ2) is 11.8. The van der Waals surface area contributed by atoms with E-state index in [1.807, 2.05) is 0 Å². The molecule has 0 radical (unpaired) electrons. The Morgan fingerprint density at radius 2 is 1.84 bits per heavy atom. The van der Waals surface area contributed by atoms with Gasteiger partial charge in [0.2, 0.25) is 5.91 Å². The number of thiazole rings is 1. The average Bonchev–Trinajstić information content (AvgIpc) is 3.67. The van der Waals surface area contributed by atoms with Crippen molar-refractivity contribution in [3.8, 4) is 0 Å². The van der Waals surface area contributed by atoms with E-state index in [1.54, 1.807) is 11.4 Å². The first kappa shape index (κ1) is 31.9. The number of nitrogens with zero attached hydrogens (tertiary/aromatic N) is 6. The number of carbonyl (C=O) groups excluding carboxylic acids is 1. The van der Waals surface area contributed by atoms with E-state index in [9.17, 15) is 39.7 Å². The molecule has 2 aliphatic heterocycles. The van der Waals surface area contributed by atoms with Crippen molar-refractivity contribution in [2.75, 3.05) is 25.6 Å². The fraction of sp³-hybridized carbons (Fsp3) is 0.462. The number of oxime groups is 1. The van der Waals surface area contributed by atoms with Gasteiger partial charge in [0.15, 0.2) is 11.8 Å². The lowest BCUT2D eigenvalue weighted by Gasteiger charge is -2.31. The lowest BCUT2D eigenvalue weighted by atomic mass is 9.97. The van der Waals surface area contributed by atoms with E-state index in [1.165, 1.54) is 40.9 Å². The number of aromatic nitrogens is 3. The smallest absolute Gasteiger partial charge is 0.387 e. The number of hydrogen-bond acceptors (Lipinski definition) is 8. The van der Waals surface area contributed by atoms with Crippen molar-refractivity contribution < 1.29 is 44.6 Å². The Kier molecular flexibility index (Phi) is 8.52. The summed E-state index contributed by atoms with van der Waals surface area (Å²) in [5.74, 6) is -1.43. The van der Waals surface area contributed by atoms with Crippen molar-refractivity contribution >= 4 is 38.4 Å². The van der Waals surface area contributed by atoms with E-state index in [0.29, 0.717) is 24.2 Å². The van der Waals surface area contributed by atoms with Gasteiger partial charge in [-0.1, -0.05) is 11.2 Å². The molecule has 1 saturated heterocycles. The summed E-state index contributed by atoms with van der Waals surface area (Å²) in [6.45, 7) is -0.656. The Balaban J connectivity index is 1.21. The van der Waals surface area contributed by atoms with Crippen molar-refractivity contribution in [1.29, 1.82) is 0 Å². The number of hydrogen-bond donors (Lipinski definition) is 0. The van der Waals surface area contributed by atoms with Gasteiger partial charge >= 0.3 is 12.4 Å². The van der Waals surface area contributed by atoms with Crippen LogP contribution in [0.4, 0.5) is 36.4 Å². The van der Waals surface area contributed by atoms with Gasteiger partial charge in [-0.2, -0.15) is 35.8 Å². The molecular weight excluding hydrogens is 641 g/mol. The molecule has 9 nitrogen and oxygen atoms in total. The number of carbonyl (C=O) groups is 1. The molecule has 1 aromatic carbocycles. The molecule has 44 heavy (non-hydrogen) atoms. The van der Waals surface area contributed by atoms with Gasteiger partial charge in [-0.15, -0.1) is 11.3 Å². The summed E-state index contributed by atoms with van der Waals surface area (Å²) in [5, 5.41) is 9.58. The first-order chi connectivity index (χ1) is 20.5. The van der Waals surface area contributed by atoms with Gasteiger partial charge in [-0.25, -0.2) is 13.6 Å². The van der Waals surface area contributed by atoms with E-state index >= 15 is 0 Å². The molecule has 18 heteroatoms. The lowest BCUT2D eigenvalue weighted by Crippen LogP contribution is -2.40. The predicted octanol–water partition coefficient (Wildman–Crippen LogP) is 6.15. The van der Waals surface area contributed by atoms with E-state index < -0.39 is 57.8 Å². The molecular formula is C26H25F7N6O3S2. The fourth-order valence-corrected chi connectivity index (χ4v) is 6.59. The van der Waals surface area contributed by atoms with Crippen LogP contribution in [0.15, 0.2) is 39.2 Å². The maximum absolute atomic E-state index is 14.8. The number of piperidine rings is 1. The van der Waals surface area contributed by atoms with Crippen LogP contribution in [-0.4, -0.2) is 61.1 Å². The third kappa shape index (κ3) is 7.06. The molecule has 4 heterocycles. The molecule has 0 aliphatic carbocycles. The van der Waals surface area contributed by atoms with Gasteiger partial charge in [0.05, 0.1) is 22.0 Å². The second-order valence-corrected chi connectivity index (χ2v) is 14.0.